The fraction of sp³-hybridized carbons (Fsp3) is 0.367. The number of carbonyl (C=O) groups is 4. The maximum absolute atomic E-state index is 13.2. The van der Waals surface area contributed by atoms with E-state index in [0.29, 0.717) is 61.4 Å². The Balaban J connectivity index is 0.000000222. The summed E-state index contributed by atoms with van der Waals surface area (Å²) in [6, 6.07) is 23.4. The molecule has 33 heteroatoms. The van der Waals surface area contributed by atoms with Crippen molar-refractivity contribution in [3.05, 3.63) is 163 Å². The predicted octanol–water partition coefficient (Wildman–Crippen LogP) is 9.05. The number of carbonyl (C=O) groups excluding carboxylic acids is 4. The number of halogens is 1. The first-order chi connectivity index (χ1) is 44.0. The summed E-state index contributed by atoms with van der Waals surface area (Å²) < 4.78 is 25.2. The maximum atomic E-state index is 13.2. The molecule has 0 bridgehead atoms. The quantitative estimate of drug-likeness (QED) is 0.0461. The number of nitrogens with zero attached hydrogens (tertiary/aromatic N) is 16. The number of nitrogens with one attached hydrogen (secondary N) is 2. The number of non-ortho nitro benzene ring substituents is 2. The second-order valence-electron chi connectivity index (χ2n) is 23.1. The molecule has 2 aromatic carbocycles. The Kier molecular flexibility index (Phi) is 22.7. The molecular weight excluding hydrogens is 1240 g/mol. The number of nitro benzene ring substituents is 2. The van der Waals surface area contributed by atoms with Crippen molar-refractivity contribution in [3.8, 4) is 34.5 Å². The van der Waals surface area contributed by atoms with Gasteiger partial charge in [0.15, 0.2) is 8.32 Å². The highest BCUT2D eigenvalue weighted by Crippen LogP contribution is 2.37. The molecular formula is C60H69ClN18O13Si. The summed E-state index contributed by atoms with van der Waals surface area (Å²) in [5.74, 6) is 0.733. The van der Waals surface area contributed by atoms with Crippen molar-refractivity contribution in [3.63, 3.8) is 0 Å². The van der Waals surface area contributed by atoms with Crippen molar-refractivity contribution in [2.45, 2.75) is 104 Å². The largest absolute Gasteiger partial charge is 0.415 e. The first kappa shape index (κ1) is 68.8. The molecule has 0 spiro atoms. The minimum absolute atomic E-state index is 0. The van der Waals surface area contributed by atoms with Gasteiger partial charge in [-0.15, -0.1) is 22.6 Å². The molecule has 1 saturated heterocycles. The average molecular weight is 1310 g/mol. The molecule has 0 radical (unpaired) electrons. The van der Waals surface area contributed by atoms with Gasteiger partial charge in [0.2, 0.25) is 11.6 Å². The summed E-state index contributed by atoms with van der Waals surface area (Å²) in [6.07, 6.45) is 5.63. The first-order valence-electron chi connectivity index (χ1n) is 29.4. The normalized spacial score (nSPS) is 14.0. The van der Waals surface area contributed by atoms with E-state index in [4.69, 9.17) is 18.6 Å². The van der Waals surface area contributed by atoms with Crippen LogP contribution < -0.4 is 20.1 Å². The van der Waals surface area contributed by atoms with Crippen molar-refractivity contribution in [1.29, 1.82) is 0 Å². The number of aliphatic hydroxyl groups excluding tert-OH is 1. The molecule has 488 valence electrons. The third kappa shape index (κ3) is 17.7. The number of hydrogen-bond donors (Lipinski definition) is 3. The number of hydrogen-bond acceptors (Lipinski definition) is 23. The molecule has 11 rings (SSSR count). The number of rotatable bonds is 16. The third-order valence-corrected chi connectivity index (χ3v) is 20.0. The van der Waals surface area contributed by atoms with E-state index in [0.717, 1.165) is 35.5 Å². The van der Waals surface area contributed by atoms with Crippen LogP contribution in [-0.2, 0) is 35.1 Å². The summed E-state index contributed by atoms with van der Waals surface area (Å²) in [7, 11) is -1.97. The molecule has 0 aliphatic carbocycles. The second-order valence-corrected chi connectivity index (χ2v) is 28.0. The lowest BCUT2D eigenvalue weighted by atomic mass is 10.0. The van der Waals surface area contributed by atoms with Gasteiger partial charge in [0.05, 0.1) is 35.1 Å². The lowest BCUT2D eigenvalue weighted by molar-refractivity contribution is -0.385. The van der Waals surface area contributed by atoms with Gasteiger partial charge >= 0.3 is 12.2 Å². The number of benzene rings is 2. The van der Waals surface area contributed by atoms with Crippen LogP contribution in [0.4, 0.5) is 32.6 Å². The Bertz CT molecular complexity index is 3950. The van der Waals surface area contributed by atoms with Crippen LogP contribution in [0, 0.1) is 20.2 Å². The first-order valence-corrected chi connectivity index (χ1v) is 32.3. The summed E-state index contributed by atoms with van der Waals surface area (Å²) in [6.45, 7) is 18.2. The van der Waals surface area contributed by atoms with Crippen molar-refractivity contribution < 1.29 is 52.8 Å². The molecule has 31 nitrogen and oxygen atoms in total. The number of amides is 4. The zero-order valence-electron chi connectivity index (χ0n) is 51.9. The van der Waals surface area contributed by atoms with Crippen LogP contribution in [0.25, 0.3) is 23.0 Å². The van der Waals surface area contributed by atoms with E-state index in [-0.39, 0.29) is 89.3 Å². The standard InChI is InChI=1S/C31H37N9O6Si.C25H23N9O6.C4H8O.ClH/c1-20(19-45-47(5,6)31(2,3)4)39-28(35-36-37-39)25-8-7-9-27(33-25)34-29(41)26-16-22-18-38(15-14-21(22)17-32-26)30(42)46-24-12-10-23(11-13-24)40(43)44;1-15(14-35)33-23(29-30-31-33)20-3-2-4-22(27-20)28-24(36)21-11-17-13-32(10-9-16(17)12-26-21)25(37)40-19-7-5-18(6-8-19)34(38)39;1-2-4-5-3-1;/h7-13,16-17,20H,14-15,18-19H2,1-6H3,(H,33,34,41);2-8,11-12,15,35H,9-10,13-14H2,1H3,(H,27,28,36);1-4H2;1H/t20-;15-;;/m11../s1. The molecule has 1 fully saturated rings. The Morgan fingerprint density at radius 2 is 1.09 bits per heavy atom. The molecule has 93 heavy (non-hydrogen) atoms. The van der Waals surface area contributed by atoms with E-state index >= 15 is 0 Å². The van der Waals surface area contributed by atoms with Crippen LogP contribution in [0.1, 0.15) is 103 Å². The number of aromatic nitrogens is 12. The molecule has 9 heterocycles. The minimum Gasteiger partial charge on any atom is -0.415 e. The smallest absolute Gasteiger partial charge is 0.415 e. The SMILES string of the molecule is C1CCOC1.C[C@H](CO)n1nnnc1-c1cccc(NC(=O)c2cc3c(cn2)CCN(C(=O)Oc2ccc([N+](=O)[O-])cc2)C3)n1.C[C@H](CO[Si](C)(C)C(C)(C)C)n1nnnc1-c1cccc(NC(=O)c2cc3c(cn2)CCN(C(=O)Oc2ccc([N+](=O)[O-])cc2)C3)n1.Cl. The van der Waals surface area contributed by atoms with Crippen molar-refractivity contribution in [1.82, 2.24) is 70.2 Å². The van der Waals surface area contributed by atoms with Crippen molar-refractivity contribution in [2.75, 3.05) is 50.2 Å². The molecule has 0 unspecified atom stereocenters. The molecule has 2 atom stereocenters. The Morgan fingerprint density at radius 3 is 1.47 bits per heavy atom. The number of fused-ring (bicyclic) bond motifs is 2. The summed E-state index contributed by atoms with van der Waals surface area (Å²) in [5.41, 5.74) is 4.28. The van der Waals surface area contributed by atoms with Gasteiger partial charge in [0.25, 0.3) is 23.2 Å². The van der Waals surface area contributed by atoms with Gasteiger partial charge in [-0.25, -0.2) is 28.9 Å². The van der Waals surface area contributed by atoms with Gasteiger partial charge in [-0.3, -0.25) is 39.8 Å². The highest BCUT2D eigenvalue weighted by atomic mass is 35.5. The Hall–Kier alpha value is -10.2. The molecule has 4 amide bonds. The molecule has 3 aliphatic rings. The topological polar surface area (TPSA) is 381 Å². The van der Waals surface area contributed by atoms with E-state index < -0.39 is 42.2 Å². The van der Waals surface area contributed by atoms with Crippen LogP contribution >= 0.6 is 12.4 Å². The van der Waals surface area contributed by atoms with Crippen LogP contribution in [0.15, 0.2) is 109 Å². The van der Waals surface area contributed by atoms with E-state index in [9.17, 15) is 44.5 Å². The van der Waals surface area contributed by atoms with E-state index in [1.54, 1.807) is 72.5 Å². The van der Waals surface area contributed by atoms with Crippen LogP contribution in [0.3, 0.4) is 0 Å². The Morgan fingerprint density at radius 1 is 0.656 bits per heavy atom. The number of nitro groups is 2. The zero-order chi connectivity index (χ0) is 65.7. The number of tetrazole rings is 2. The van der Waals surface area contributed by atoms with Gasteiger partial charge in [0, 0.05) is 76.1 Å². The maximum Gasteiger partial charge on any atom is 0.415 e. The average Bonchev–Trinajstić information content (AvgIpc) is 1.64. The van der Waals surface area contributed by atoms with Gasteiger partial charge in [-0.05, 0) is 161 Å². The van der Waals surface area contributed by atoms with Crippen LogP contribution in [0.2, 0.25) is 18.1 Å². The summed E-state index contributed by atoms with van der Waals surface area (Å²) in [5, 5.41) is 60.5. The van der Waals surface area contributed by atoms with E-state index in [1.165, 1.54) is 75.9 Å². The number of pyridine rings is 4. The van der Waals surface area contributed by atoms with Gasteiger partial charge in [-0.2, -0.15) is 0 Å². The molecule has 8 aromatic rings. The summed E-state index contributed by atoms with van der Waals surface area (Å²) >= 11 is 0. The van der Waals surface area contributed by atoms with Crippen molar-refractivity contribution >= 4 is 67.7 Å². The summed E-state index contributed by atoms with van der Waals surface area (Å²) in [4.78, 5) is 93.0. The molecule has 3 aliphatic heterocycles. The Labute approximate surface area is 540 Å². The van der Waals surface area contributed by atoms with Crippen LogP contribution in [-0.4, -0.2) is 157 Å². The van der Waals surface area contributed by atoms with Gasteiger partial charge < -0.3 is 44.2 Å². The monoisotopic (exact) mass is 1310 g/mol. The number of anilines is 2. The zero-order valence-corrected chi connectivity index (χ0v) is 53.8. The van der Waals surface area contributed by atoms with Crippen molar-refractivity contribution in [2.24, 2.45) is 0 Å². The highest BCUT2D eigenvalue weighted by molar-refractivity contribution is 6.74. The number of ether oxygens (including phenoxy) is 3. The predicted molar refractivity (Wildman–Crippen MR) is 340 cm³/mol. The number of aliphatic hydroxyl groups is 1. The fourth-order valence-electron chi connectivity index (χ4n) is 9.18. The van der Waals surface area contributed by atoms with Gasteiger partial charge in [-0.1, -0.05) is 32.9 Å². The highest BCUT2D eigenvalue weighted by Gasteiger charge is 2.38. The van der Waals surface area contributed by atoms with Crippen LogP contribution in [0.5, 0.6) is 11.5 Å². The minimum atomic E-state index is -1.97. The molecule has 3 N–H and O–H groups in total. The molecule has 6 aromatic heterocycles. The fourth-order valence-corrected chi connectivity index (χ4v) is 10.3. The van der Waals surface area contributed by atoms with Gasteiger partial charge in [0.1, 0.15) is 45.9 Å². The third-order valence-electron chi connectivity index (χ3n) is 15.5. The van der Waals surface area contributed by atoms with E-state index in [1.807, 2.05) is 6.92 Å². The lowest BCUT2D eigenvalue weighted by Gasteiger charge is -2.36. The molecule has 0 saturated carbocycles. The lowest BCUT2D eigenvalue weighted by Crippen LogP contribution is -2.42. The second kappa shape index (κ2) is 30.8. The van der Waals surface area contributed by atoms with E-state index in [2.05, 4.69) is 95.5 Å².